The molecule has 2 fully saturated rings. The smallest absolute Gasteiger partial charge is 0.226 e. The maximum absolute atomic E-state index is 13.3. The van der Waals surface area contributed by atoms with Gasteiger partial charge in [-0.25, -0.2) is 9.97 Å². The van der Waals surface area contributed by atoms with Crippen LogP contribution in [0.25, 0.3) is 10.2 Å². The molecule has 3 heterocycles. The predicted molar refractivity (Wildman–Crippen MR) is 116 cm³/mol. The Hall–Kier alpha value is -1.69. The van der Waals surface area contributed by atoms with Crippen molar-refractivity contribution >= 4 is 33.3 Å². The average Bonchev–Trinajstić information content (AvgIpc) is 3.30. The maximum atomic E-state index is 13.3. The lowest BCUT2D eigenvalue weighted by Gasteiger charge is -2.39. The Labute approximate surface area is 172 Å². The van der Waals surface area contributed by atoms with Crippen molar-refractivity contribution < 1.29 is 4.79 Å². The number of aromatic nitrogens is 2. The van der Waals surface area contributed by atoms with Crippen LogP contribution in [0, 0.1) is 19.8 Å². The number of hydrogen-bond donors (Lipinski definition) is 0. The molecule has 152 valence electrons. The number of carbonyl (C=O) groups excluding carboxylic acids is 1. The molecule has 1 aliphatic carbocycles. The molecule has 2 aromatic heterocycles. The standard InChI is InChI=1S/C22H32N4OS/c1-14(2)26(18-7-5-6-8-18)22(27)17-9-11-25(12-10-17)20-19-15(3)16(4)28-21(19)24-13-23-20/h13-14,17-18H,5-12H2,1-4H3. The molecule has 0 atom stereocenters. The fourth-order valence-electron chi connectivity index (χ4n) is 4.99. The SMILES string of the molecule is Cc1sc2ncnc(N3CCC(C(=O)N(C(C)C)C4CCCC4)CC3)c2c1C. The van der Waals surface area contributed by atoms with Gasteiger partial charge in [0.05, 0.1) is 5.39 Å². The number of fused-ring (bicyclic) bond motifs is 1. The highest BCUT2D eigenvalue weighted by atomic mass is 32.1. The molecule has 28 heavy (non-hydrogen) atoms. The molecule has 1 saturated heterocycles. The van der Waals surface area contributed by atoms with Gasteiger partial charge in [0.1, 0.15) is 17.0 Å². The highest BCUT2D eigenvalue weighted by molar-refractivity contribution is 7.18. The van der Waals surface area contributed by atoms with Crippen molar-refractivity contribution in [3.05, 3.63) is 16.8 Å². The largest absolute Gasteiger partial charge is 0.356 e. The van der Waals surface area contributed by atoms with Crippen molar-refractivity contribution in [2.24, 2.45) is 5.92 Å². The summed E-state index contributed by atoms with van der Waals surface area (Å²) in [6, 6.07) is 0.759. The van der Waals surface area contributed by atoms with Gasteiger partial charge < -0.3 is 9.80 Å². The molecule has 0 unspecified atom stereocenters. The molecule has 2 aromatic rings. The Morgan fingerprint density at radius 2 is 1.82 bits per heavy atom. The van der Waals surface area contributed by atoms with Crippen molar-refractivity contribution in [1.82, 2.24) is 14.9 Å². The van der Waals surface area contributed by atoms with Crippen molar-refractivity contribution in [2.75, 3.05) is 18.0 Å². The molecule has 2 aliphatic rings. The zero-order valence-electron chi connectivity index (χ0n) is 17.6. The van der Waals surface area contributed by atoms with E-state index in [9.17, 15) is 4.79 Å². The maximum Gasteiger partial charge on any atom is 0.226 e. The number of anilines is 1. The summed E-state index contributed by atoms with van der Waals surface area (Å²) in [5, 5.41) is 1.20. The third kappa shape index (κ3) is 3.51. The van der Waals surface area contributed by atoms with E-state index < -0.39 is 0 Å². The van der Waals surface area contributed by atoms with Gasteiger partial charge in [0, 0.05) is 36.0 Å². The molecular formula is C22H32N4OS. The zero-order valence-corrected chi connectivity index (χ0v) is 18.4. The summed E-state index contributed by atoms with van der Waals surface area (Å²) in [4.78, 5) is 29.4. The van der Waals surface area contributed by atoms with Gasteiger partial charge in [-0.1, -0.05) is 12.8 Å². The van der Waals surface area contributed by atoms with Crippen LogP contribution in [0.2, 0.25) is 0 Å². The number of hydrogen-bond acceptors (Lipinski definition) is 5. The Morgan fingerprint density at radius 3 is 2.46 bits per heavy atom. The number of carbonyl (C=O) groups is 1. The third-order valence-electron chi connectivity index (χ3n) is 6.62. The third-order valence-corrected chi connectivity index (χ3v) is 7.73. The molecule has 5 nitrogen and oxygen atoms in total. The van der Waals surface area contributed by atoms with E-state index in [1.54, 1.807) is 17.7 Å². The first-order valence-electron chi connectivity index (χ1n) is 10.7. The number of amides is 1. The number of nitrogens with zero attached hydrogens (tertiary/aromatic N) is 4. The summed E-state index contributed by atoms with van der Waals surface area (Å²) in [5.41, 5.74) is 1.29. The van der Waals surface area contributed by atoms with E-state index in [-0.39, 0.29) is 5.92 Å². The molecule has 0 N–H and O–H groups in total. The summed E-state index contributed by atoms with van der Waals surface area (Å²) in [7, 11) is 0. The van der Waals surface area contributed by atoms with Crippen LogP contribution in [0.1, 0.15) is 62.8 Å². The summed E-state index contributed by atoms with van der Waals surface area (Å²) in [6.07, 6.45) is 8.41. The number of piperidine rings is 1. The number of aryl methyl sites for hydroxylation is 2. The second-order valence-electron chi connectivity index (χ2n) is 8.70. The number of thiophene rings is 1. The van der Waals surface area contributed by atoms with Crippen LogP contribution >= 0.6 is 11.3 Å². The van der Waals surface area contributed by atoms with E-state index in [1.165, 1.54) is 41.5 Å². The van der Waals surface area contributed by atoms with Crippen LogP contribution in [-0.2, 0) is 4.79 Å². The second kappa shape index (κ2) is 7.97. The van der Waals surface area contributed by atoms with Crippen molar-refractivity contribution in [3.63, 3.8) is 0 Å². The highest BCUT2D eigenvalue weighted by Crippen LogP contribution is 2.36. The molecule has 1 saturated carbocycles. The zero-order chi connectivity index (χ0) is 19.8. The summed E-state index contributed by atoms with van der Waals surface area (Å²) < 4.78 is 0. The molecule has 1 aliphatic heterocycles. The Morgan fingerprint density at radius 1 is 1.14 bits per heavy atom. The first kappa shape index (κ1) is 19.6. The Bertz CT molecular complexity index is 848. The lowest BCUT2D eigenvalue weighted by atomic mass is 9.93. The predicted octanol–water partition coefficient (Wildman–Crippen LogP) is 4.70. The second-order valence-corrected chi connectivity index (χ2v) is 9.90. The van der Waals surface area contributed by atoms with E-state index in [4.69, 9.17) is 0 Å². The minimum Gasteiger partial charge on any atom is -0.356 e. The number of rotatable bonds is 4. The lowest BCUT2D eigenvalue weighted by molar-refractivity contribution is -0.140. The van der Waals surface area contributed by atoms with E-state index in [0.29, 0.717) is 18.0 Å². The topological polar surface area (TPSA) is 49.3 Å². The molecule has 6 heteroatoms. The fraction of sp³-hybridized carbons (Fsp3) is 0.682. The molecule has 0 spiro atoms. The van der Waals surface area contributed by atoms with Crippen LogP contribution in [0.3, 0.4) is 0 Å². The van der Waals surface area contributed by atoms with E-state index in [1.807, 2.05) is 0 Å². The van der Waals surface area contributed by atoms with Crippen molar-refractivity contribution in [3.8, 4) is 0 Å². The first-order chi connectivity index (χ1) is 13.5. The van der Waals surface area contributed by atoms with Gasteiger partial charge in [0.25, 0.3) is 0 Å². The van der Waals surface area contributed by atoms with Gasteiger partial charge in [-0.05, 0) is 58.9 Å². The van der Waals surface area contributed by atoms with E-state index >= 15 is 0 Å². The summed E-state index contributed by atoms with van der Waals surface area (Å²) in [6.45, 7) is 10.5. The van der Waals surface area contributed by atoms with Gasteiger partial charge in [-0.3, -0.25) is 4.79 Å². The minimum atomic E-state index is 0.155. The summed E-state index contributed by atoms with van der Waals surface area (Å²) >= 11 is 1.74. The Balaban J connectivity index is 1.48. The quantitative estimate of drug-likeness (QED) is 0.746. The first-order valence-corrected chi connectivity index (χ1v) is 11.6. The summed E-state index contributed by atoms with van der Waals surface area (Å²) in [5.74, 6) is 1.59. The van der Waals surface area contributed by atoms with Gasteiger partial charge in [-0.15, -0.1) is 11.3 Å². The van der Waals surface area contributed by atoms with Gasteiger partial charge in [0.2, 0.25) is 5.91 Å². The molecular weight excluding hydrogens is 368 g/mol. The normalized spacial score (nSPS) is 19.1. The van der Waals surface area contributed by atoms with Crippen LogP contribution < -0.4 is 4.90 Å². The molecule has 1 amide bonds. The van der Waals surface area contributed by atoms with Crippen molar-refractivity contribution in [2.45, 2.75) is 78.3 Å². The van der Waals surface area contributed by atoms with Gasteiger partial charge in [0.15, 0.2) is 0 Å². The molecule has 0 radical (unpaired) electrons. The van der Waals surface area contributed by atoms with Crippen LogP contribution in [-0.4, -0.2) is 45.9 Å². The van der Waals surface area contributed by atoms with Crippen LogP contribution in [0.5, 0.6) is 0 Å². The molecule has 4 rings (SSSR count). The van der Waals surface area contributed by atoms with Crippen molar-refractivity contribution in [1.29, 1.82) is 0 Å². The Kier molecular flexibility index (Phi) is 5.59. The average molecular weight is 401 g/mol. The fourth-order valence-corrected chi connectivity index (χ4v) is 5.98. The monoisotopic (exact) mass is 400 g/mol. The van der Waals surface area contributed by atoms with Crippen LogP contribution in [0.4, 0.5) is 5.82 Å². The molecule has 0 aromatic carbocycles. The lowest BCUT2D eigenvalue weighted by Crippen LogP contribution is -2.49. The van der Waals surface area contributed by atoms with Gasteiger partial charge in [-0.2, -0.15) is 0 Å². The highest BCUT2D eigenvalue weighted by Gasteiger charge is 2.35. The van der Waals surface area contributed by atoms with E-state index in [2.05, 4.69) is 47.5 Å². The van der Waals surface area contributed by atoms with Crippen LogP contribution in [0.15, 0.2) is 6.33 Å². The molecule has 0 bridgehead atoms. The minimum absolute atomic E-state index is 0.155. The van der Waals surface area contributed by atoms with E-state index in [0.717, 1.165) is 36.6 Å². The van der Waals surface area contributed by atoms with Gasteiger partial charge >= 0.3 is 0 Å².